The van der Waals surface area contributed by atoms with Gasteiger partial charge < -0.3 is 39.7 Å². The van der Waals surface area contributed by atoms with E-state index < -0.39 is 41.9 Å². The molecule has 0 fully saturated rings. The number of carbonyl (C=O) groups excluding carboxylic acids is 8. The van der Waals surface area contributed by atoms with Gasteiger partial charge in [0.2, 0.25) is 17.7 Å². The Morgan fingerprint density at radius 3 is 1.35 bits per heavy atom. The number of amides is 3. The molecule has 0 bridgehead atoms. The van der Waals surface area contributed by atoms with Gasteiger partial charge in [0.15, 0.2) is 0 Å². The molecule has 15 heteroatoms. The van der Waals surface area contributed by atoms with Gasteiger partial charge in [-0.05, 0) is 37.7 Å². The van der Waals surface area contributed by atoms with Crippen LogP contribution in [0.4, 0.5) is 0 Å². The van der Waals surface area contributed by atoms with Crippen LogP contribution >= 0.6 is 0 Å². The summed E-state index contributed by atoms with van der Waals surface area (Å²) < 4.78 is 18.1. The van der Waals surface area contributed by atoms with E-state index in [9.17, 15) is 38.4 Å². The average molecular weight is 726 g/mol. The van der Waals surface area contributed by atoms with Crippen molar-refractivity contribution in [1.29, 1.82) is 0 Å². The smallest absolute Gasteiger partial charge is 0.354 e. The van der Waals surface area contributed by atoms with Crippen LogP contribution in [0.3, 0.4) is 0 Å². The lowest BCUT2D eigenvalue weighted by Crippen LogP contribution is -2.39. The summed E-state index contributed by atoms with van der Waals surface area (Å²) in [6, 6.07) is -1.38. The highest BCUT2D eigenvalue weighted by molar-refractivity contribution is 5.93. The summed E-state index contributed by atoms with van der Waals surface area (Å²) in [5.74, 6) is -3.62. The molecule has 3 N–H and O–H groups in total. The van der Waals surface area contributed by atoms with Crippen LogP contribution in [0.2, 0.25) is 0 Å². The Bertz CT molecular complexity index is 1170. The quantitative estimate of drug-likeness (QED) is 0.0687. The van der Waals surface area contributed by atoms with Gasteiger partial charge in [0, 0.05) is 27.2 Å². The zero-order valence-electron chi connectivity index (χ0n) is 32.3. The molecule has 0 aromatic carbocycles. The zero-order valence-corrected chi connectivity index (χ0v) is 32.3. The van der Waals surface area contributed by atoms with E-state index in [1.54, 1.807) is 18.2 Å². The molecule has 3 atom stereocenters. The van der Waals surface area contributed by atoms with E-state index in [0.717, 1.165) is 0 Å². The number of methoxy groups -OCH3 is 4. The van der Waals surface area contributed by atoms with E-state index in [-0.39, 0.29) is 42.0 Å². The van der Waals surface area contributed by atoms with Crippen LogP contribution in [0.5, 0.6) is 0 Å². The summed E-state index contributed by atoms with van der Waals surface area (Å²) in [6.45, 7) is 21.0. The fourth-order valence-corrected chi connectivity index (χ4v) is 3.22. The fourth-order valence-electron chi connectivity index (χ4n) is 3.22. The monoisotopic (exact) mass is 725 g/mol. The summed E-state index contributed by atoms with van der Waals surface area (Å²) >= 11 is 0. The third-order valence-corrected chi connectivity index (χ3v) is 5.16. The highest BCUT2D eigenvalue weighted by Crippen LogP contribution is 2.13. The van der Waals surface area contributed by atoms with Gasteiger partial charge in [-0.2, -0.15) is 0 Å². The van der Waals surface area contributed by atoms with Gasteiger partial charge in [-0.15, -0.1) is 6.58 Å². The predicted molar refractivity (Wildman–Crippen MR) is 192 cm³/mol. The lowest BCUT2D eigenvalue weighted by molar-refractivity contribution is -0.147. The van der Waals surface area contributed by atoms with Crippen molar-refractivity contribution in [3.63, 3.8) is 0 Å². The lowest BCUT2D eigenvalue weighted by atomic mass is 9.98. The number of esters is 4. The molecule has 0 saturated heterocycles. The molecule has 0 aliphatic rings. The third kappa shape index (κ3) is 36.0. The Morgan fingerprint density at radius 2 is 1.04 bits per heavy atom. The SMILES string of the molecule is C=C/C=C(\NC(C)=O)C(=O)OC.C=CC[C@H](NC(C)=O)C(=O)OC.CC(C)(C)C.COC(=O)[C@H](CC=CC[C@H](NC(C)=O)C(=O)OC)CC(C)=O. The van der Waals surface area contributed by atoms with Crippen molar-refractivity contribution in [3.05, 3.63) is 49.2 Å². The van der Waals surface area contributed by atoms with Crippen LogP contribution in [-0.4, -0.2) is 87.9 Å². The first-order valence-corrected chi connectivity index (χ1v) is 15.8. The minimum atomic E-state index is -0.775. The van der Waals surface area contributed by atoms with Crippen molar-refractivity contribution < 1.29 is 57.3 Å². The second-order valence-corrected chi connectivity index (χ2v) is 12.1. The fraction of sp³-hybridized carbons (Fsp3) is 0.556. The molecular formula is C36H59N3O12. The number of rotatable bonds is 16. The summed E-state index contributed by atoms with van der Waals surface area (Å²) in [5, 5.41) is 7.23. The molecule has 51 heavy (non-hydrogen) atoms. The minimum absolute atomic E-state index is 0.0833. The molecule has 0 aromatic heterocycles. The van der Waals surface area contributed by atoms with Crippen LogP contribution in [0, 0.1) is 11.3 Å². The summed E-state index contributed by atoms with van der Waals surface area (Å²) in [5.41, 5.74) is 0.583. The normalized spacial score (nSPS) is 12.0. The van der Waals surface area contributed by atoms with Gasteiger partial charge in [-0.25, -0.2) is 14.4 Å². The van der Waals surface area contributed by atoms with Crippen molar-refractivity contribution in [1.82, 2.24) is 16.0 Å². The molecule has 0 unspecified atom stereocenters. The standard InChI is InChI=1S/C15H23NO6.C8H13NO3.C8H11NO3.C5H12/c1-10(17)9-12(14(19)21-3)7-5-6-8-13(15(20)22-4)16-11(2)18;2*1-4-5-7(8(11)12-3)9-6(2)10;1-5(2,3)4/h5-6,12-13H,7-9H2,1-4H3,(H,16,18);4,7H,1,5H2,2-3H3,(H,9,10);4-5H,1H2,2-3H3,(H,9,10);1-4H3/b;;7-5-;/t12-,13+;7-;;/m10../s1. The van der Waals surface area contributed by atoms with Crippen LogP contribution < -0.4 is 16.0 Å². The van der Waals surface area contributed by atoms with Crippen molar-refractivity contribution in [3.8, 4) is 0 Å². The van der Waals surface area contributed by atoms with Gasteiger partial charge in [-0.1, -0.05) is 58.6 Å². The second-order valence-electron chi connectivity index (χ2n) is 12.1. The number of nitrogens with one attached hydrogen (secondary N) is 3. The first kappa shape index (κ1) is 52.7. The van der Waals surface area contributed by atoms with Gasteiger partial charge >= 0.3 is 23.9 Å². The van der Waals surface area contributed by atoms with E-state index in [1.165, 1.54) is 68.3 Å². The van der Waals surface area contributed by atoms with Crippen LogP contribution in [-0.2, 0) is 57.3 Å². The van der Waals surface area contributed by atoms with Crippen LogP contribution in [0.1, 0.15) is 81.1 Å². The largest absolute Gasteiger partial charge is 0.469 e. The van der Waals surface area contributed by atoms with Gasteiger partial charge in [-0.3, -0.25) is 19.2 Å². The number of allylic oxidation sites excluding steroid dienone is 3. The molecule has 0 radical (unpaired) electrons. The van der Waals surface area contributed by atoms with Gasteiger partial charge in [0.1, 0.15) is 23.6 Å². The molecular weight excluding hydrogens is 666 g/mol. The van der Waals surface area contributed by atoms with Crippen molar-refractivity contribution in [2.24, 2.45) is 11.3 Å². The molecule has 0 aliphatic heterocycles. The number of hydrogen-bond donors (Lipinski definition) is 3. The maximum Gasteiger partial charge on any atom is 0.354 e. The Hall–Kier alpha value is -5.08. The first-order chi connectivity index (χ1) is 23.5. The number of Topliss-reactive ketones (excluding diaryl/α,β-unsaturated/α-hetero) is 1. The Balaban J connectivity index is -0.000000323. The molecule has 0 aliphatic carbocycles. The average Bonchev–Trinajstić information content (AvgIpc) is 3.02. The minimum Gasteiger partial charge on any atom is -0.469 e. The Morgan fingerprint density at radius 1 is 0.627 bits per heavy atom. The lowest BCUT2D eigenvalue weighted by Gasteiger charge is -2.13. The second kappa shape index (κ2) is 30.9. The maximum absolute atomic E-state index is 11.5. The molecule has 0 rings (SSSR count). The van der Waals surface area contributed by atoms with Crippen LogP contribution in [0.25, 0.3) is 0 Å². The highest BCUT2D eigenvalue weighted by Gasteiger charge is 2.21. The van der Waals surface area contributed by atoms with E-state index >= 15 is 0 Å². The predicted octanol–water partition coefficient (Wildman–Crippen LogP) is 3.43. The van der Waals surface area contributed by atoms with Crippen molar-refractivity contribution >= 4 is 47.4 Å². The van der Waals surface area contributed by atoms with Crippen LogP contribution in [0.15, 0.2) is 49.2 Å². The van der Waals surface area contributed by atoms with Crippen molar-refractivity contribution in [2.75, 3.05) is 28.4 Å². The number of ether oxygens (including phenoxy) is 4. The molecule has 290 valence electrons. The van der Waals surface area contributed by atoms with E-state index in [0.29, 0.717) is 18.3 Å². The summed E-state index contributed by atoms with van der Waals surface area (Å²) in [6.07, 6.45) is 8.69. The zero-order chi connectivity index (χ0) is 40.7. The molecule has 15 nitrogen and oxygen atoms in total. The molecule has 0 saturated carbocycles. The van der Waals surface area contributed by atoms with Gasteiger partial charge in [0.25, 0.3) is 0 Å². The first-order valence-electron chi connectivity index (χ1n) is 15.8. The van der Waals surface area contributed by atoms with E-state index in [4.69, 9.17) is 0 Å². The third-order valence-electron chi connectivity index (χ3n) is 5.16. The maximum atomic E-state index is 11.5. The summed E-state index contributed by atoms with van der Waals surface area (Å²) in [4.78, 5) is 88.2. The number of ketones is 1. The van der Waals surface area contributed by atoms with E-state index in [1.807, 2.05) is 0 Å². The topological polar surface area (TPSA) is 210 Å². The summed E-state index contributed by atoms with van der Waals surface area (Å²) in [7, 11) is 5.02. The molecule has 0 heterocycles. The Kier molecular flexibility index (Phi) is 32.0. The molecule has 3 amide bonds. The number of hydrogen-bond acceptors (Lipinski definition) is 12. The molecule has 0 spiro atoms. The van der Waals surface area contributed by atoms with Crippen molar-refractivity contribution in [2.45, 2.75) is 93.2 Å². The number of carbonyl (C=O) groups is 8. The Labute approximate surface area is 302 Å². The highest BCUT2D eigenvalue weighted by atomic mass is 16.5. The molecule has 0 aromatic rings. The van der Waals surface area contributed by atoms with E-state index in [2.05, 4.69) is 75.8 Å². The van der Waals surface area contributed by atoms with Gasteiger partial charge in [0.05, 0.1) is 34.4 Å².